The van der Waals surface area contributed by atoms with Gasteiger partial charge >= 0.3 is 5.97 Å². The molecule has 2 atom stereocenters. The van der Waals surface area contributed by atoms with Gasteiger partial charge in [-0.1, -0.05) is 25.1 Å². The lowest BCUT2D eigenvalue weighted by molar-refractivity contribution is -0.151. The van der Waals surface area contributed by atoms with Crippen LogP contribution in [0.15, 0.2) is 30.3 Å². The van der Waals surface area contributed by atoms with E-state index in [4.69, 9.17) is 4.74 Å². The third-order valence-electron chi connectivity index (χ3n) is 3.88. The fourth-order valence-electron chi connectivity index (χ4n) is 2.42. The Morgan fingerprint density at radius 1 is 1.35 bits per heavy atom. The van der Waals surface area contributed by atoms with Crippen LogP contribution in [0, 0.1) is 0 Å². The summed E-state index contributed by atoms with van der Waals surface area (Å²) in [5.41, 5.74) is 0.502. The Balaban J connectivity index is 2.11. The van der Waals surface area contributed by atoms with Gasteiger partial charge in [-0.2, -0.15) is 0 Å². The predicted molar refractivity (Wildman–Crippen MR) is 84.7 cm³/mol. The van der Waals surface area contributed by atoms with Crippen molar-refractivity contribution < 1.29 is 19.1 Å². The molecule has 1 aliphatic heterocycles. The minimum atomic E-state index is -0.826. The van der Waals surface area contributed by atoms with E-state index in [2.05, 4.69) is 5.32 Å². The molecule has 1 saturated heterocycles. The average molecular weight is 318 g/mol. The molecule has 1 aromatic rings. The van der Waals surface area contributed by atoms with Crippen LogP contribution in [0.2, 0.25) is 0 Å². The number of carbonyl (C=O) groups excluding carboxylic acids is 3. The van der Waals surface area contributed by atoms with Gasteiger partial charge in [0.1, 0.15) is 6.04 Å². The lowest BCUT2D eigenvalue weighted by Gasteiger charge is -2.34. The van der Waals surface area contributed by atoms with E-state index in [1.165, 1.54) is 4.90 Å². The highest BCUT2D eigenvalue weighted by atomic mass is 16.5. The lowest BCUT2D eigenvalue weighted by atomic mass is 10.1. The number of rotatable bonds is 5. The molecule has 6 heteroatoms. The third kappa shape index (κ3) is 4.31. The number of nitrogens with zero attached hydrogens (tertiary/aromatic N) is 1. The first-order valence-electron chi connectivity index (χ1n) is 7.86. The highest BCUT2D eigenvalue weighted by Gasteiger charge is 2.35. The number of hydrogen-bond donors (Lipinski definition) is 1. The van der Waals surface area contributed by atoms with Crippen molar-refractivity contribution in [3.63, 3.8) is 0 Å². The van der Waals surface area contributed by atoms with Crippen molar-refractivity contribution in [2.24, 2.45) is 0 Å². The molecule has 1 aromatic carbocycles. The number of carbonyl (C=O) groups is 3. The van der Waals surface area contributed by atoms with Gasteiger partial charge < -0.3 is 15.0 Å². The summed E-state index contributed by atoms with van der Waals surface area (Å²) in [6.45, 7) is 4.47. The highest BCUT2D eigenvalue weighted by Crippen LogP contribution is 2.15. The van der Waals surface area contributed by atoms with Gasteiger partial charge in [-0.25, -0.2) is 0 Å². The summed E-state index contributed by atoms with van der Waals surface area (Å²) in [7, 11) is 0. The zero-order chi connectivity index (χ0) is 16.8. The molecule has 0 spiro atoms. The summed E-state index contributed by atoms with van der Waals surface area (Å²) < 4.78 is 5.23. The van der Waals surface area contributed by atoms with Crippen molar-refractivity contribution in [2.75, 3.05) is 13.1 Å². The standard InChI is InChI=1S/C17H22N2O4/c1-3-12(2)23-15(20)11-14-16(21)18-9-10-19(14)17(22)13-7-5-4-6-8-13/h4-8,12,14H,3,9-11H2,1-2H3,(H,18,21). The Hall–Kier alpha value is -2.37. The first-order chi connectivity index (χ1) is 11.0. The number of amides is 2. The summed E-state index contributed by atoms with van der Waals surface area (Å²) in [5, 5.41) is 2.70. The van der Waals surface area contributed by atoms with E-state index in [0.29, 0.717) is 25.1 Å². The second-order valence-electron chi connectivity index (χ2n) is 5.58. The fourth-order valence-corrected chi connectivity index (χ4v) is 2.42. The molecule has 1 fully saturated rings. The molecule has 2 rings (SSSR count). The number of esters is 1. The normalized spacial score (nSPS) is 19.0. The van der Waals surface area contributed by atoms with Gasteiger partial charge in [0, 0.05) is 18.7 Å². The quantitative estimate of drug-likeness (QED) is 0.832. The van der Waals surface area contributed by atoms with Crippen LogP contribution in [0.4, 0.5) is 0 Å². The first-order valence-corrected chi connectivity index (χ1v) is 7.86. The molecule has 2 amide bonds. The maximum absolute atomic E-state index is 12.6. The molecule has 0 aromatic heterocycles. The molecule has 6 nitrogen and oxygen atoms in total. The molecule has 1 heterocycles. The van der Waals surface area contributed by atoms with Crippen molar-refractivity contribution in [1.29, 1.82) is 0 Å². The summed E-state index contributed by atoms with van der Waals surface area (Å²) >= 11 is 0. The van der Waals surface area contributed by atoms with E-state index in [-0.39, 0.29) is 24.3 Å². The number of benzene rings is 1. The van der Waals surface area contributed by atoms with Gasteiger partial charge in [0.2, 0.25) is 5.91 Å². The lowest BCUT2D eigenvalue weighted by Crippen LogP contribution is -2.57. The molecule has 0 saturated carbocycles. The van der Waals surface area contributed by atoms with Crippen LogP contribution in [0.1, 0.15) is 37.0 Å². The van der Waals surface area contributed by atoms with Crippen LogP contribution < -0.4 is 5.32 Å². The van der Waals surface area contributed by atoms with Gasteiger partial charge in [0.15, 0.2) is 0 Å². The number of hydrogen-bond acceptors (Lipinski definition) is 4. The third-order valence-corrected chi connectivity index (χ3v) is 3.88. The van der Waals surface area contributed by atoms with Gasteiger partial charge in [-0.05, 0) is 25.5 Å². The maximum atomic E-state index is 12.6. The Labute approximate surface area is 135 Å². The molecule has 0 bridgehead atoms. The summed E-state index contributed by atoms with van der Waals surface area (Å²) in [5.74, 6) is -1.03. The van der Waals surface area contributed by atoms with Crippen molar-refractivity contribution in [2.45, 2.75) is 38.8 Å². The number of piperazine rings is 1. The van der Waals surface area contributed by atoms with Crippen LogP contribution in [0.3, 0.4) is 0 Å². The SMILES string of the molecule is CCC(C)OC(=O)CC1C(=O)NCCN1C(=O)c1ccccc1. The molecule has 0 radical (unpaired) electrons. The van der Waals surface area contributed by atoms with Crippen LogP contribution >= 0.6 is 0 Å². The van der Waals surface area contributed by atoms with E-state index in [1.54, 1.807) is 31.2 Å². The zero-order valence-electron chi connectivity index (χ0n) is 13.5. The minimum Gasteiger partial charge on any atom is -0.463 e. The Morgan fingerprint density at radius 3 is 2.70 bits per heavy atom. The molecule has 23 heavy (non-hydrogen) atoms. The molecule has 0 aliphatic carbocycles. The topological polar surface area (TPSA) is 75.7 Å². The van der Waals surface area contributed by atoms with Crippen LogP contribution in [-0.4, -0.2) is 47.9 Å². The molecule has 1 aliphatic rings. The number of ether oxygens (including phenoxy) is 1. The highest BCUT2D eigenvalue weighted by molar-refractivity contribution is 5.99. The monoisotopic (exact) mass is 318 g/mol. The predicted octanol–water partition coefficient (Wildman–Crippen LogP) is 1.36. The molecule has 2 unspecified atom stereocenters. The second-order valence-corrected chi connectivity index (χ2v) is 5.58. The van der Waals surface area contributed by atoms with Gasteiger partial charge in [0.05, 0.1) is 12.5 Å². The Kier molecular flexibility index (Phi) is 5.73. The van der Waals surface area contributed by atoms with Crippen LogP contribution in [-0.2, 0) is 14.3 Å². The van der Waals surface area contributed by atoms with E-state index < -0.39 is 12.0 Å². The molecule has 124 valence electrons. The zero-order valence-corrected chi connectivity index (χ0v) is 13.5. The smallest absolute Gasteiger partial charge is 0.308 e. The summed E-state index contributed by atoms with van der Waals surface area (Å²) in [6.07, 6.45) is 0.372. The average Bonchev–Trinajstić information content (AvgIpc) is 2.56. The minimum absolute atomic E-state index is 0.130. The van der Waals surface area contributed by atoms with Crippen molar-refractivity contribution in [3.8, 4) is 0 Å². The van der Waals surface area contributed by atoms with Crippen molar-refractivity contribution in [1.82, 2.24) is 10.2 Å². The Morgan fingerprint density at radius 2 is 2.04 bits per heavy atom. The van der Waals surface area contributed by atoms with Gasteiger partial charge in [-0.3, -0.25) is 14.4 Å². The molecular formula is C17H22N2O4. The van der Waals surface area contributed by atoms with E-state index in [1.807, 2.05) is 13.0 Å². The van der Waals surface area contributed by atoms with E-state index >= 15 is 0 Å². The van der Waals surface area contributed by atoms with Crippen molar-refractivity contribution >= 4 is 17.8 Å². The first kappa shape index (κ1) is 17.0. The molecular weight excluding hydrogens is 296 g/mol. The fraction of sp³-hybridized carbons (Fsp3) is 0.471. The van der Waals surface area contributed by atoms with Gasteiger partial charge in [-0.15, -0.1) is 0 Å². The molecule has 1 N–H and O–H groups in total. The maximum Gasteiger partial charge on any atom is 0.308 e. The largest absolute Gasteiger partial charge is 0.463 e. The second kappa shape index (κ2) is 7.76. The van der Waals surface area contributed by atoms with Crippen LogP contribution in [0.25, 0.3) is 0 Å². The van der Waals surface area contributed by atoms with E-state index in [0.717, 1.165) is 0 Å². The van der Waals surface area contributed by atoms with Crippen LogP contribution in [0.5, 0.6) is 0 Å². The van der Waals surface area contributed by atoms with Gasteiger partial charge in [0.25, 0.3) is 5.91 Å². The Bertz CT molecular complexity index is 573. The summed E-state index contributed by atoms with van der Waals surface area (Å²) in [4.78, 5) is 38.2. The number of nitrogens with one attached hydrogen (secondary N) is 1. The summed E-state index contributed by atoms with van der Waals surface area (Å²) in [6, 6.07) is 7.92. The van der Waals surface area contributed by atoms with E-state index in [9.17, 15) is 14.4 Å². The van der Waals surface area contributed by atoms with Crippen molar-refractivity contribution in [3.05, 3.63) is 35.9 Å².